The van der Waals surface area contributed by atoms with Gasteiger partial charge in [-0.3, -0.25) is 4.55 Å². The summed E-state index contributed by atoms with van der Waals surface area (Å²) in [4.78, 5) is 3.12. The smallest absolute Gasteiger partial charge is 0.296 e. The lowest BCUT2D eigenvalue weighted by molar-refractivity contribution is 0.198. The molecule has 1 heterocycles. The minimum absolute atomic E-state index is 0.0230. The van der Waals surface area contributed by atoms with E-state index in [1.165, 1.54) is 14.0 Å². The lowest BCUT2D eigenvalue weighted by atomic mass is 10.1. The van der Waals surface area contributed by atoms with E-state index in [4.69, 9.17) is 4.74 Å². The van der Waals surface area contributed by atoms with Crippen LogP contribution in [0, 0.1) is 18.3 Å². The Kier molecular flexibility index (Phi) is 11.0. The number of hydrogen-bond donors (Lipinski definition) is 3. The van der Waals surface area contributed by atoms with Gasteiger partial charge in [0.15, 0.2) is 25.5 Å². The number of nitrogens with zero attached hydrogens (tertiary/aromatic N) is 4. The molecule has 0 saturated heterocycles. The van der Waals surface area contributed by atoms with Crippen LogP contribution >= 0.6 is 0 Å². The van der Waals surface area contributed by atoms with Gasteiger partial charge in [-0.2, -0.15) is 13.7 Å². The lowest BCUT2D eigenvalue weighted by Crippen LogP contribution is -2.16. The summed E-state index contributed by atoms with van der Waals surface area (Å²) in [6.07, 6.45) is 0.556. The summed E-state index contributed by atoms with van der Waals surface area (Å²) in [5.41, 5.74) is -0.0495. The van der Waals surface area contributed by atoms with Crippen molar-refractivity contribution in [3.05, 3.63) is 53.3 Å². The van der Waals surface area contributed by atoms with Crippen molar-refractivity contribution in [1.29, 1.82) is 5.26 Å². The topological polar surface area (TPSA) is 217 Å². The van der Waals surface area contributed by atoms with Crippen molar-refractivity contribution < 1.29 is 34.5 Å². The van der Waals surface area contributed by atoms with Crippen LogP contribution < -0.4 is 10.6 Å². The molecule has 1 aromatic carbocycles. The van der Waals surface area contributed by atoms with E-state index in [0.717, 1.165) is 23.6 Å². The number of benzene rings is 1. The first-order valence-electron chi connectivity index (χ1n) is 11.4. The Labute approximate surface area is 233 Å². The normalized spacial score (nSPS) is 12.2. The molecule has 0 bridgehead atoms. The SMILES string of the molecule is C=CS(=O)(=O)CCNc1nc(NCCCOC)c(/N=N/c2ccc(S(=O)(=O)C=C)cc2S(=O)(=O)O)c(C)c1C#N. The third-order valence-electron chi connectivity index (χ3n) is 5.29. The van der Waals surface area contributed by atoms with Crippen LogP contribution in [0.4, 0.5) is 23.0 Å². The van der Waals surface area contributed by atoms with E-state index in [0.29, 0.717) is 25.0 Å². The predicted octanol–water partition coefficient (Wildman–Crippen LogP) is 3.26. The number of methoxy groups -OCH3 is 1. The fourth-order valence-electron chi connectivity index (χ4n) is 3.18. The summed E-state index contributed by atoms with van der Waals surface area (Å²) in [6.45, 7) is 8.67. The molecule has 0 aliphatic rings. The van der Waals surface area contributed by atoms with Gasteiger partial charge in [-0.1, -0.05) is 13.2 Å². The number of azo groups is 1. The zero-order valence-electron chi connectivity index (χ0n) is 21.7. The van der Waals surface area contributed by atoms with Crippen LogP contribution in [-0.4, -0.2) is 67.3 Å². The second-order valence-electron chi connectivity index (χ2n) is 8.02. The zero-order valence-corrected chi connectivity index (χ0v) is 24.1. The third kappa shape index (κ3) is 8.40. The summed E-state index contributed by atoms with van der Waals surface area (Å²) in [6, 6.07) is 4.81. The minimum atomic E-state index is -4.93. The van der Waals surface area contributed by atoms with Crippen LogP contribution in [0.2, 0.25) is 0 Å². The van der Waals surface area contributed by atoms with Crippen molar-refractivity contribution in [3.63, 3.8) is 0 Å². The highest BCUT2D eigenvalue weighted by Crippen LogP contribution is 2.36. The highest BCUT2D eigenvalue weighted by Gasteiger charge is 2.22. The lowest BCUT2D eigenvalue weighted by Gasteiger charge is -2.15. The summed E-state index contributed by atoms with van der Waals surface area (Å²) in [5.74, 6) is -0.0920. The molecule has 3 N–H and O–H groups in total. The van der Waals surface area contributed by atoms with Crippen molar-refractivity contribution in [2.24, 2.45) is 10.2 Å². The second-order valence-corrected chi connectivity index (χ2v) is 13.4. The molecule has 0 amide bonds. The monoisotopic (exact) mass is 612 g/mol. The fraction of sp³-hybridized carbons (Fsp3) is 0.304. The Morgan fingerprint density at radius 3 is 2.33 bits per heavy atom. The Morgan fingerprint density at radius 1 is 1.07 bits per heavy atom. The number of pyridine rings is 1. The quantitative estimate of drug-likeness (QED) is 0.150. The number of anilines is 2. The Bertz CT molecular complexity index is 1680. The second kappa shape index (κ2) is 13.6. The Hall–Kier alpha value is -3.69. The van der Waals surface area contributed by atoms with Gasteiger partial charge in [0, 0.05) is 43.2 Å². The van der Waals surface area contributed by atoms with E-state index in [-0.39, 0.29) is 46.4 Å². The Balaban J connectivity index is 2.64. The first-order chi connectivity index (χ1) is 18.7. The van der Waals surface area contributed by atoms with Crippen LogP contribution in [0.3, 0.4) is 0 Å². The zero-order chi connectivity index (χ0) is 30.1. The number of sulfone groups is 2. The van der Waals surface area contributed by atoms with Gasteiger partial charge >= 0.3 is 0 Å². The highest BCUT2D eigenvalue weighted by atomic mass is 32.2. The maximum atomic E-state index is 12.1. The van der Waals surface area contributed by atoms with E-state index < -0.39 is 39.6 Å². The van der Waals surface area contributed by atoms with Crippen molar-refractivity contribution >= 4 is 52.8 Å². The molecule has 0 aliphatic carbocycles. The minimum Gasteiger partial charge on any atom is -0.385 e. The van der Waals surface area contributed by atoms with Gasteiger partial charge in [-0.05, 0) is 31.5 Å². The maximum Gasteiger partial charge on any atom is 0.296 e. The fourth-order valence-corrected chi connectivity index (χ4v) is 5.19. The van der Waals surface area contributed by atoms with Gasteiger partial charge in [0.2, 0.25) is 0 Å². The molecule has 0 atom stereocenters. The summed E-state index contributed by atoms with van der Waals surface area (Å²) >= 11 is 0. The van der Waals surface area contributed by atoms with Gasteiger partial charge in [-0.15, -0.1) is 10.2 Å². The van der Waals surface area contributed by atoms with Gasteiger partial charge in [0.05, 0.1) is 16.2 Å². The average molecular weight is 613 g/mol. The summed E-state index contributed by atoms with van der Waals surface area (Å²) in [5, 5.41) is 25.1. The van der Waals surface area contributed by atoms with Crippen LogP contribution in [-0.2, 0) is 34.5 Å². The van der Waals surface area contributed by atoms with Gasteiger partial charge in [-0.25, -0.2) is 21.8 Å². The van der Waals surface area contributed by atoms with Crippen LogP contribution in [0.15, 0.2) is 62.2 Å². The van der Waals surface area contributed by atoms with Gasteiger partial charge < -0.3 is 15.4 Å². The summed E-state index contributed by atoms with van der Waals surface area (Å²) in [7, 11) is -10.9. The van der Waals surface area contributed by atoms with E-state index in [2.05, 4.69) is 39.0 Å². The number of hydrogen-bond acceptors (Lipinski definition) is 13. The van der Waals surface area contributed by atoms with Gasteiger partial charge in [0.25, 0.3) is 10.1 Å². The average Bonchev–Trinajstić information content (AvgIpc) is 2.90. The molecule has 0 saturated carbocycles. The molecule has 2 aromatic rings. The molecule has 1 aromatic heterocycles. The van der Waals surface area contributed by atoms with Crippen molar-refractivity contribution in [2.45, 2.75) is 23.1 Å². The van der Waals surface area contributed by atoms with Crippen LogP contribution in [0.5, 0.6) is 0 Å². The molecule has 0 unspecified atom stereocenters. The molecule has 17 heteroatoms. The van der Waals surface area contributed by atoms with E-state index in [1.807, 2.05) is 6.07 Å². The van der Waals surface area contributed by atoms with Crippen LogP contribution in [0.25, 0.3) is 0 Å². The summed E-state index contributed by atoms with van der Waals surface area (Å²) < 4.78 is 86.5. The molecule has 216 valence electrons. The van der Waals surface area contributed by atoms with E-state index in [1.54, 1.807) is 0 Å². The molecule has 40 heavy (non-hydrogen) atoms. The molecular weight excluding hydrogens is 584 g/mol. The third-order valence-corrected chi connectivity index (χ3v) is 8.81. The standard InChI is InChI=1S/C23H28N6O8S3/c1-5-38(30,31)13-11-26-22-18(15-24)16(3)21(23(27-22)25-10-7-12-37-4)29-28-19-9-8-17(39(32,33)6-2)14-20(19)40(34,35)36/h5-6,8-9,14H,1-2,7,10-13H2,3-4H3,(H2,25,26,27)(H,34,35,36)/b29-28+. The first-order valence-corrected chi connectivity index (χ1v) is 16.1. The predicted molar refractivity (Wildman–Crippen MR) is 149 cm³/mol. The molecular formula is C23H28N6O8S3. The maximum absolute atomic E-state index is 12.1. The highest BCUT2D eigenvalue weighted by molar-refractivity contribution is 7.94. The number of rotatable bonds is 15. The molecule has 0 fully saturated rings. The number of nitrogens with one attached hydrogen (secondary N) is 2. The number of nitriles is 1. The molecule has 0 radical (unpaired) electrons. The van der Waals surface area contributed by atoms with Crippen molar-refractivity contribution in [1.82, 2.24) is 4.98 Å². The first kappa shape index (κ1) is 32.5. The molecule has 2 rings (SSSR count). The number of ether oxygens (including phenoxy) is 1. The molecule has 0 spiro atoms. The Morgan fingerprint density at radius 2 is 1.75 bits per heavy atom. The molecule has 0 aliphatic heterocycles. The van der Waals surface area contributed by atoms with Gasteiger partial charge in [0.1, 0.15) is 28.2 Å². The largest absolute Gasteiger partial charge is 0.385 e. The van der Waals surface area contributed by atoms with E-state index in [9.17, 15) is 35.1 Å². The number of aromatic nitrogens is 1. The van der Waals surface area contributed by atoms with Crippen molar-refractivity contribution in [2.75, 3.05) is 43.2 Å². The molecule has 14 nitrogen and oxygen atoms in total. The van der Waals surface area contributed by atoms with E-state index >= 15 is 0 Å². The van der Waals surface area contributed by atoms with Crippen molar-refractivity contribution in [3.8, 4) is 6.07 Å². The van der Waals surface area contributed by atoms with Crippen LogP contribution in [0.1, 0.15) is 17.5 Å².